The molecule has 0 aromatic heterocycles. The van der Waals surface area contributed by atoms with E-state index >= 15 is 0 Å². The number of quaternary nitrogens is 1. The lowest BCUT2D eigenvalue weighted by Crippen LogP contribution is -3.14. The molecule has 1 fully saturated rings. The highest BCUT2D eigenvalue weighted by atomic mass is 127. The topological polar surface area (TPSA) is 13.7 Å². The predicted octanol–water partition coefficient (Wildman–Crippen LogP) is 3.01. The highest BCUT2D eigenvalue weighted by Gasteiger charge is 2.24. The summed E-state index contributed by atoms with van der Waals surface area (Å²) in [7, 11) is 0. The highest BCUT2D eigenvalue weighted by molar-refractivity contribution is 14.1. The van der Waals surface area contributed by atoms with Gasteiger partial charge < -0.3 is 9.64 Å². The van der Waals surface area contributed by atoms with Gasteiger partial charge in [-0.25, -0.2) is 0 Å². The largest absolute Gasteiger partial charge is 0.494 e. The SMILES string of the molecule is C[C@@H]1C[C@@H](C)C[NH+](CCCCOc2ccc(I)cc2)C1. The van der Waals surface area contributed by atoms with Gasteiger partial charge in [-0.15, -0.1) is 0 Å². The molecular formula is C17H27INO+. The first kappa shape index (κ1) is 16.1. The molecule has 0 unspecified atom stereocenters. The summed E-state index contributed by atoms with van der Waals surface area (Å²) in [6, 6.07) is 8.30. The molecule has 1 heterocycles. The molecule has 2 nitrogen and oxygen atoms in total. The van der Waals surface area contributed by atoms with E-state index in [-0.39, 0.29) is 0 Å². The first-order valence-electron chi connectivity index (χ1n) is 7.85. The van der Waals surface area contributed by atoms with Crippen LogP contribution in [0.2, 0.25) is 0 Å². The van der Waals surface area contributed by atoms with E-state index in [4.69, 9.17) is 4.74 Å². The van der Waals surface area contributed by atoms with Gasteiger partial charge in [-0.3, -0.25) is 0 Å². The molecule has 1 aromatic rings. The smallest absolute Gasteiger partial charge is 0.119 e. The van der Waals surface area contributed by atoms with Gasteiger partial charge in [0.1, 0.15) is 5.75 Å². The van der Waals surface area contributed by atoms with Gasteiger partial charge in [0.15, 0.2) is 0 Å². The Hall–Kier alpha value is -0.290. The van der Waals surface area contributed by atoms with Crippen molar-refractivity contribution in [3.05, 3.63) is 27.8 Å². The van der Waals surface area contributed by atoms with Crippen LogP contribution in [-0.2, 0) is 0 Å². The van der Waals surface area contributed by atoms with Crippen LogP contribution in [0.15, 0.2) is 24.3 Å². The Morgan fingerprint density at radius 2 is 1.75 bits per heavy atom. The van der Waals surface area contributed by atoms with E-state index in [9.17, 15) is 0 Å². The zero-order chi connectivity index (χ0) is 14.4. The van der Waals surface area contributed by atoms with Gasteiger partial charge in [0.25, 0.3) is 0 Å². The van der Waals surface area contributed by atoms with Crippen molar-refractivity contribution in [1.82, 2.24) is 0 Å². The van der Waals surface area contributed by atoms with E-state index in [1.807, 2.05) is 0 Å². The number of nitrogens with one attached hydrogen (secondary N) is 1. The van der Waals surface area contributed by atoms with E-state index in [0.717, 1.165) is 30.6 Å². The Bertz CT molecular complexity index is 382. The Morgan fingerprint density at radius 3 is 2.40 bits per heavy atom. The van der Waals surface area contributed by atoms with Gasteiger partial charge in [-0.05, 0) is 66.1 Å². The molecule has 0 saturated carbocycles. The summed E-state index contributed by atoms with van der Waals surface area (Å²) in [5.74, 6) is 2.80. The molecule has 2 rings (SSSR count). The Kier molecular flexibility index (Phi) is 6.62. The molecule has 20 heavy (non-hydrogen) atoms. The number of benzene rings is 1. The molecule has 1 aromatic carbocycles. The third-order valence-corrected chi connectivity index (χ3v) is 4.81. The summed E-state index contributed by atoms with van der Waals surface area (Å²) >= 11 is 2.32. The minimum Gasteiger partial charge on any atom is -0.494 e. The molecule has 2 atom stereocenters. The summed E-state index contributed by atoms with van der Waals surface area (Å²) in [6.45, 7) is 9.68. The number of hydrogen-bond donors (Lipinski definition) is 1. The number of ether oxygens (including phenoxy) is 1. The monoisotopic (exact) mass is 388 g/mol. The number of unbranched alkanes of at least 4 members (excludes halogenated alkanes) is 1. The fraction of sp³-hybridized carbons (Fsp3) is 0.647. The van der Waals surface area contributed by atoms with Gasteiger partial charge in [-0.1, -0.05) is 13.8 Å². The van der Waals surface area contributed by atoms with Crippen molar-refractivity contribution in [1.29, 1.82) is 0 Å². The number of hydrogen-bond acceptors (Lipinski definition) is 1. The maximum Gasteiger partial charge on any atom is 0.119 e. The predicted molar refractivity (Wildman–Crippen MR) is 92.4 cm³/mol. The molecular weight excluding hydrogens is 361 g/mol. The first-order valence-corrected chi connectivity index (χ1v) is 8.93. The summed E-state index contributed by atoms with van der Waals surface area (Å²) in [6.07, 6.45) is 3.86. The molecule has 0 aliphatic carbocycles. The van der Waals surface area contributed by atoms with E-state index in [1.165, 1.54) is 36.0 Å². The number of halogens is 1. The van der Waals surface area contributed by atoms with Crippen LogP contribution in [0.5, 0.6) is 5.75 Å². The Morgan fingerprint density at radius 1 is 1.10 bits per heavy atom. The van der Waals surface area contributed by atoms with Crippen molar-refractivity contribution in [3.8, 4) is 5.75 Å². The third kappa shape index (κ3) is 5.60. The third-order valence-electron chi connectivity index (χ3n) is 4.09. The lowest BCUT2D eigenvalue weighted by atomic mass is 9.92. The van der Waals surface area contributed by atoms with Crippen LogP contribution < -0.4 is 9.64 Å². The molecule has 0 spiro atoms. The minimum atomic E-state index is 0.846. The summed E-state index contributed by atoms with van der Waals surface area (Å²) in [5, 5.41) is 0. The van der Waals surface area contributed by atoms with Crippen molar-refractivity contribution in [2.24, 2.45) is 11.8 Å². The van der Waals surface area contributed by atoms with Gasteiger partial charge in [-0.2, -0.15) is 0 Å². The van der Waals surface area contributed by atoms with Gasteiger partial charge >= 0.3 is 0 Å². The molecule has 0 amide bonds. The standard InChI is InChI=1S/C17H26INO/c1-14-11-15(2)13-19(12-14)9-3-4-10-20-17-7-5-16(18)6-8-17/h5-8,14-15H,3-4,9-13H2,1-2H3/p+1/t14-,15-/m1/s1. The van der Waals surface area contributed by atoms with Crippen molar-refractivity contribution >= 4 is 22.6 Å². The zero-order valence-corrected chi connectivity index (χ0v) is 14.9. The second-order valence-electron chi connectivity index (χ2n) is 6.36. The average molecular weight is 388 g/mol. The number of likely N-dealkylation sites (tertiary alicyclic amines) is 1. The normalized spacial score (nSPS) is 26.4. The molecule has 112 valence electrons. The fourth-order valence-corrected chi connectivity index (χ4v) is 3.68. The van der Waals surface area contributed by atoms with Crippen molar-refractivity contribution in [2.75, 3.05) is 26.2 Å². The van der Waals surface area contributed by atoms with Crippen LogP contribution in [0.3, 0.4) is 0 Å². The molecule has 1 saturated heterocycles. The van der Waals surface area contributed by atoms with Crippen LogP contribution in [0.1, 0.15) is 33.1 Å². The van der Waals surface area contributed by atoms with Gasteiger partial charge in [0.05, 0.1) is 26.2 Å². The molecule has 1 N–H and O–H groups in total. The molecule has 0 radical (unpaired) electrons. The lowest BCUT2D eigenvalue weighted by molar-refractivity contribution is -0.912. The zero-order valence-electron chi connectivity index (χ0n) is 12.7. The fourth-order valence-electron chi connectivity index (χ4n) is 3.32. The minimum absolute atomic E-state index is 0.846. The molecule has 3 heteroatoms. The summed E-state index contributed by atoms with van der Waals surface area (Å²) < 4.78 is 7.04. The summed E-state index contributed by atoms with van der Waals surface area (Å²) in [5.41, 5.74) is 0. The lowest BCUT2D eigenvalue weighted by Gasteiger charge is -2.32. The molecule has 1 aliphatic heterocycles. The van der Waals surface area contributed by atoms with Crippen molar-refractivity contribution < 1.29 is 9.64 Å². The highest BCUT2D eigenvalue weighted by Crippen LogP contribution is 2.14. The van der Waals surface area contributed by atoms with Crippen LogP contribution in [0.25, 0.3) is 0 Å². The van der Waals surface area contributed by atoms with Gasteiger partial charge in [0.2, 0.25) is 0 Å². The molecule has 0 bridgehead atoms. The summed E-state index contributed by atoms with van der Waals surface area (Å²) in [4.78, 5) is 1.80. The van der Waals surface area contributed by atoms with Crippen LogP contribution in [-0.4, -0.2) is 26.2 Å². The second kappa shape index (κ2) is 8.23. The average Bonchev–Trinajstić information content (AvgIpc) is 2.39. The van der Waals surface area contributed by atoms with E-state index in [2.05, 4.69) is 60.7 Å². The molecule has 1 aliphatic rings. The Labute approximate surface area is 137 Å². The van der Waals surface area contributed by atoms with E-state index in [0.29, 0.717) is 0 Å². The maximum atomic E-state index is 5.78. The van der Waals surface area contributed by atoms with Crippen LogP contribution >= 0.6 is 22.6 Å². The van der Waals surface area contributed by atoms with E-state index in [1.54, 1.807) is 4.90 Å². The number of rotatable bonds is 6. The first-order chi connectivity index (χ1) is 9.63. The maximum absolute atomic E-state index is 5.78. The second-order valence-corrected chi connectivity index (χ2v) is 7.61. The number of piperidine rings is 1. The van der Waals surface area contributed by atoms with Crippen molar-refractivity contribution in [2.45, 2.75) is 33.1 Å². The van der Waals surface area contributed by atoms with Crippen LogP contribution in [0.4, 0.5) is 0 Å². The quantitative estimate of drug-likeness (QED) is 0.584. The van der Waals surface area contributed by atoms with Crippen LogP contribution in [0, 0.1) is 15.4 Å². The Balaban J connectivity index is 1.58. The van der Waals surface area contributed by atoms with E-state index < -0.39 is 0 Å². The van der Waals surface area contributed by atoms with Crippen molar-refractivity contribution in [3.63, 3.8) is 0 Å². The van der Waals surface area contributed by atoms with Gasteiger partial charge in [0, 0.05) is 15.4 Å².